The van der Waals surface area contributed by atoms with E-state index < -0.39 is 0 Å². The smallest absolute Gasteiger partial charge is 0.293 e. The molecule has 0 radical (unpaired) electrons. The zero-order valence-electron chi connectivity index (χ0n) is 11.8. The van der Waals surface area contributed by atoms with Gasteiger partial charge in [-0.1, -0.05) is 13.8 Å². The van der Waals surface area contributed by atoms with Crippen LogP contribution < -0.4 is 10.2 Å². The standard InChI is InChI=1S/C14H20IN3O2/c1-3-11-9-17(12(4-2)8-16-11)13-6-5-10(15)7-14(13)18(19)20/h5-7,11-12,16H,3-4,8-9H2,1-2H3. The molecule has 1 aromatic rings. The fourth-order valence-electron chi connectivity index (χ4n) is 2.68. The molecule has 110 valence electrons. The molecule has 1 aromatic carbocycles. The predicted octanol–water partition coefficient (Wildman–Crippen LogP) is 3.17. The lowest BCUT2D eigenvalue weighted by Gasteiger charge is -2.41. The van der Waals surface area contributed by atoms with Gasteiger partial charge >= 0.3 is 0 Å². The number of halogens is 1. The van der Waals surface area contributed by atoms with Crippen molar-refractivity contribution >= 4 is 34.0 Å². The van der Waals surface area contributed by atoms with E-state index in [1.54, 1.807) is 6.07 Å². The molecule has 2 unspecified atom stereocenters. The molecule has 6 heteroatoms. The van der Waals surface area contributed by atoms with Crippen LogP contribution in [0.2, 0.25) is 0 Å². The normalized spacial score (nSPS) is 22.9. The van der Waals surface area contributed by atoms with Gasteiger partial charge in [0.05, 0.1) is 4.92 Å². The quantitative estimate of drug-likeness (QED) is 0.488. The van der Waals surface area contributed by atoms with Gasteiger partial charge in [0.25, 0.3) is 5.69 Å². The molecule has 0 spiro atoms. The molecule has 0 aromatic heterocycles. The van der Waals surface area contributed by atoms with Crippen LogP contribution in [0.15, 0.2) is 18.2 Å². The zero-order chi connectivity index (χ0) is 14.7. The molecule has 2 atom stereocenters. The van der Waals surface area contributed by atoms with Crippen molar-refractivity contribution in [2.45, 2.75) is 38.8 Å². The van der Waals surface area contributed by atoms with Gasteiger partial charge in [0.1, 0.15) is 5.69 Å². The summed E-state index contributed by atoms with van der Waals surface area (Å²) in [6, 6.07) is 6.21. The van der Waals surface area contributed by atoms with Crippen LogP contribution in [0.5, 0.6) is 0 Å². The number of nitro benzene ring substituents is 1. The van der Waals surface area contributed by atoms with Gasteiger partial charge in [0, 0.05) is 34.8 Å². The maximum Gasteiger partial charge on any atom is 0.293 e. The Morgan fingerprint density at radius 1 is 1.45 bits per heavy atom. The summed E-state index contributed by atoms with van der Waals surface area (Å²) >= 11 is 2.12. The first kappa shape index (κ1) is 15.5. The van der Waals surface area contributed by atoms with E-state index in [9.17, 15) is 10.1 Å². The van der Waals surface area contributed by atoms with Crippen LogP contribution in [0.25, 0.3) is 0 Å². The Morgan fingerprint density at radius 2 is 2.20 bits per heavy atom. The molecule has 1 aliphatic heterocycles. The van der Waals surface area contributed by atoms with Crippen LogP contribution in [0.1, 0.15) is 26.7 Å². The van der Waals surface area contributed by atoms with Gasteiger partial charge in [-0.25, -0.2) is 0 Å². The van der Waals surface area contributed by atoms with Gasteiger partial charge in [-0.05, 0) is 47.6 Å². The summed E-state index contributed by atoms with van der Waals surface area (Å²) in [6.07, 6.45) is 2.01. The van der Waals surface area contributed by atoms with Crippen molar-refractivity contribution in [3.8, 4) is 0 Å². The van der Waals surface area contributed by atoms with Crippen LogP contribution in [0, 0.1) is 13.7 Å². The van der Waals surface area contributed by atoms with Gasteiger partial charge in [-0.3, -0.25) is 10.1 Å². The number of nitrogens with zero attached hydrogens (tertiary/aromatic N) is 2. The number of nitro groups is 1. The monoisotopic (exact) mass is 389 g/mol. The molecule has 0 amide bonds. The maximum atomic E-state index is 11.3. The Balaban J connectivity index is 2.38. The van der Waals surface area contributed by atoms with Crippen LogP contribution in [0.4, 0.5) is 11.4 Å². The number of benzene rings is 1. The highest BCUT2D eigenvalue weighted by Gasteiger charge is 2.30. The maximum absolute atomic E-state index is 11.3. The molecule has 1 aliphatic rings. The number of hydrogen-bond donors (Lipinski definition) is 1. The van der Waals surface area contributed by atoms with Gasteiger partial charge in [0.15, 0.2) is 0 Å². The van der Waals surface area contributed by atoms with Crippen LogP contribution in [-0.4, -0.2) is 30.1 Å². The first-order chi connectivity index (χ1) is 9.56. The molecule has 2 rings (SSSR count). The van der Waals surface area contributed by atoms with Crippen molar-refractivity contribution in [3.63, 3.8) is 0 Å². The Morgan fingerprint density at radius 3 is 2.80 bits per heavy atom. The van der Waals surface area contributed by atoms with E-state index in [0.29, 0.717) is 12.1 Å². The lowest BCUT2D eigenvalue weighted by Crippen LogP contribution is -2.56. The fraction of sp³-hybridized carbons (Fsp3) is 0.571. The lowest BCUT2D eigenvalue weighted by molar-refractivity contribution is -0.384. The molecule has 1 heterocycles. The Hall–Kier alpha value is -0.890. The second-order valence-corrected chi connectivity index (χ2v) is 6.36. The molecule has 0 saturated carbocycles. The van der Waals surface area contributed by atoms with Gasteiger partial charge in [-0.15, -0.1) is 0 Å². The SMILES string of the molecule is CCC1CN(c2ccc(I)cc2[N+](=O)[O-])C(CC)CN1. The molecule has 1 saturated heterocycles. The third kappa shape index (κ3) is 3.22. The third-order valence-electron chi connectivity index (χ3n) is 3.91. The number of anilines is 1. The minimum atomic E-state index is -0.271. The Bertz CT molecular complexity index is 495. The molecule has 0 bridgehead atoms. The van der Waals surface area contributed by atoms with Crippen LogP contribution in [0.3, 0.4) is 0 Å². The van der Waals surface area contributed by atoms with Crippen molar-refractivity contribution in [1.82, 2.24) is 5.32 Å². The molecule has 5 nitrogen and oxygen atoms in total. The zero-order valence-corrected chi connectivity index (χ0v) is 14.0. The summed E-state index contributed by atoms with van der Waals surface area (Å²) in [5, 5.41) is 14.8. The Kier molecular flexibility index (Phi) is 5.20. The average Bonchev–Trinajstić information content (AvgIpc) is 2.46. The van der Waals surface area contributed by atoms with Crippen LogP contribution >= 0.6 is 22.6 Å². The fourth-order valence-corrected chi connectivity index (χ4v) is 3.16. The van der Waals surface area contributed by atoms with E-state index in [1.165, 1.54) is 0 Å². The van der Waals surface area contributed by atoms with Crippen molar-refractivity contribution in [1.29, 1.82) is 0 Å². The summed E-state index contributed by atoms with van der Waals surface area (Å²) in [7, 11) is 0. The summed E-state index contributed by atoms with van der Waals surface area (Å²) < 4.78 is 0.897. The average molecular weight is 389 g/mol. The third-order valence-corrected chi connectivity index (χ3v) is 4.58. The van der Waals surface area contributed by atoms with E-state index in [0.717, 1.165) is 35.2 Å². The largest absolute Gasteiger partial charge is 0.360 e. The number of rotatable bonds is 4. The summed E-state index contributed by atoms with van der Waals surface area (Å²) in [5.41, 5.74) is 0.967. The molecule has 1 N–H and O–H groups in total. The number of hydrogen-bond acceptors (Lipinski definition) is 4. The highest BCUT2D eigenvalue weighted by Crippen LogP contribution is 2.33. The summed E-state index contributed by atoms with van der Waals surface area (Å²) in [4.78, 5) is 13.3. The topological polar surface area (TPSA) is 58.4 Å². The lowest BCUT2D eigenvalue weighted by atomic mass is 10.0. The van der Waals surface area contributed by atoms with E-state index in [-0.39, 0.29) is 10.6 Å². The second-order valence-electron chi connectivity index (χ2n) is 5.12. The molecule has 20 heavy (non-hydrogen) atoms. The first-order valence-electron chi connectivity index (χ1n) is 7.00. The van der Waals surface area contributed by atoms with Crippen molar-refractivity contribution in [2.24, 2.45) is 0 Å². The minimum Gasteiger partial charge on any atom is -0.360 e. The van der Waals surface area contributed by atoms with Crippen molar-refractivity contribution in [3.05, 3.63) is 31.9 Å². The molecule has 1 fully saturated rings. The predicted molar refractivity (Wildman–Crippen MR) is 89.3 cm³/mol. The second kappa shape index (κ2) is 6.71. The highest BCUT2D eigenvalue weighted by atomic mass is 127. The van der Waals surface area contributed by atoms with Crippen molar-refractivity contribution < 1.29 is 4.92 Å². The van der Waals surface area contributed by atoms with E-state index in [1.807, 2.05) is 12.1 Å². The van der Waals surface area contributed by atoms with Crippen LogP contribution in [-0.2, 0) is 0 Å². The van der Waals surface area contributed by atoms with Gasteiger partial charge < -0.3 is 10.2 Å². The highest BCUT2D eigenvalue weighted by molar-refractivity contribution is 14.1. The molecular weight excluding hydrogens is 369 g/mol. The minimum absolute atomic E-state index is 0.215. The van der Waals surface area contributed by atoms with Crippen molar-refractivity contribution in [2.75, 3.05) is 18.0 Å². The van der Waals surface area contributed by atoms with E-state index in [4.69, 9.17) is 0 Å². The van der Waals surface area contributed by atoms with Gasteiger partial charge in [0.2, 0.25) is 0 Å². The van der Waals surface area contributed by atoms with Gasteiger partial charge in [-0.2, -0.15) is 0 Å². The summed E-state index contributed by atoms with van der Waals surface area (Å²) in [6.45, 7) is 5.99. The van der Waals surface area contributed by atoms with E-state index >= 15 is 0 Å². The first-order valence-corrected chi connectivity index (χ1v) is 8.08. The molecular formula is C14H20IN3O2. The number of piperazine rings is 1. The van der Waals surface area contributed by atoms with E-state index in [2.05, 4.69) is 46.7 Å². The summed E-state index contributed by atoms with van der Waals surface area (Å²) in [5.74, 6) is 0. The molecule has 0 aliphatic carbocycles. The number of nitrogens with one attached hydrogen (secondary N) is 1. The Labute approximate surface area is 133 Å².